The summed E-state index contributed by atoms with van der Waals surface area (Å²) in [6.07, 6.45) is 1.53. The molecule has 1 aliphatic heterocycles. The van der Waals surface area contributed by atoms with Crippen molar-refractivity contribution in [1.29, 1.82) is 0 Å². The number of halogens is 2. The largest absolute Gasteiger partial charge is 0.506 e. The molecule has 0 bridgehead atoms. The van der Waals surface area contributed by atoms with Crippen molar-refractivity contribution in [2.75, 3.05) is 18.4 Å². The molecule has 1 heterocycles. The maximum Gasteiger partial charge on any atom is 0.243 e. The molecule has 0 aromatic heterocycles. The second kappa shape index (κ2) is 8.06. The molecule has 2 aromatic rings. The fraction of sp³-hybridized carbons (Fsp3) is 0.278. The van der Waals surface area contributed by atoms with Gasteiger partial charge in [0.25, 0.3) is 0 Å². The van der Waals surface area contributed by atoms with Gasteiger partial charge in [-0.05, 0) is 48.7 Å². The van der Waals surface area contributed by atoms with Gasteiger partial charge in [0.05, 0.1) is 17.0 Å². The molecule has 1 aliphatic rings. The predicted molar refractivity (Wildman–Crippen MR) is 105 cm³/mol. The maximum atomic E-state index is 12.7. The summed E-state index contributed by atoms with van der Waals surface area (Å²) in [6.45, 7) is 0.936. The van der Waals surface area contributed by atoms with Gasteiger partial charge in [-0.3, -0.25) is 4.79 Å². The number of carbonyl (C=O) groups is 1. The number of sulfonamides is 1. The summed E-state index contributed by atoms with van der Waals surface area (Å²) in [5, 5.41) is 13.2. The van der Waals surface area contributed by atoms with Gasteiger partial charge in [-0.1, -0.05) is 29.3 Å². The molecular weight excluding hydrogens is 411 g/mol. The Labute approximate surface area is 167 Å². The topological polar surface area (TPSA) is 86.7 Å². The molecule has 2 aromatic carbocycles. The van der Waals surface area contributed by atoms with E-state index in [0.29, 0.717) is 28.7 Å². The number of anilines is 1. The number of aromatic hydroxyl groups is 1. The van der Waals surface area contributed by atoms with Gasteiger partial charge in [-0.25, -0.2) is 8.42 Å². The number of phenolic OH excluding ortho intramolecular Hbond substituents is 1. The van der Waals surface area contributed by atoms with Crippen LogP contribution in [0.1, 0.15) is 18.4 Å². The van der Waals surface area contributed by atoms with E-state index in [0.717, 1.165) is 12.8 Å². The first kappa shape index (κ1) is 19.9. The molecule has 2 N–H and O–H groups in total. The van der Waals surface area contributed by atoms with Crippen molar-refractivity contribution in [3.05, 3.63) is 52.0 Å². The van der Waals surface area contributed by atoms with E-state index in [2.05, 4.69) is 5.32 Å². The fourth-order valence-electron chi connectivity index (χ4n) is 2.91. The molecule has 0 atom stereocenters. The van der Waals surface area contributed by atoms with Gasteiger partial charge >= 0.3 is 0 Å². The Bertz CT molecular complexity index is 953. The molecular formula is C18H18Cl2N2O4S. The molecule has 0 unspecified atom stereocenters. The first-order chi connectivity index (χ1) is 12.8. The maximum absolute atomic E-state index is 12.7. The third-order valence-corrected chi connectivity index (χ3v) is 6.95. The minimum Gasteiger partial charge on any atom is -0.506 e. The van der Waals surface area contributed by atoms with Crippen molar-refractivity contribution in [2.24, 2.45) is 0 Å². The van der Waals surface area contributed by atoms with Gasteiger partial charge in [-0.15, -0.1) is 0 Å². The van der Waals surface area contributed by atoms with Crippen LogP contribution in [0.25, 0.3) is 0 Å². The molecule has 1 amide bonds. The van der Waals surface area contributed by atoms with Crippen LogP contribution in [-0.2, 0) is 21.2 Å². The lowest BCUT2D eigenvalue weighted by Crippen LogP contribution is -2.28. The lowest BCUT2D eigenvalue weighted by molar-refractivity contribution is -0.115. The Balaban J connectivity index is 1.81. The van der Waals surface area contributed by atoms with E-state index < -0.39 is 15.9 Å². The lowest BCUT2D eigenvalue weighted by atomic mass is 10.1. The highest BCUT2D eigenvalue weighted by Gasteiger charge is 2.28. The summed E-state index contributed by atoms with van der Waals surface area (Å²) in [4.78, 5) is 12.4. The zero-order chi connectivity index (χ0) is 19.6. The summed E-state index contributed by atoms with van der Waals surface area (Å²) in [7, 11) is -3.66. The molecule has 3 rings (SSSR count). The van der Waals surface area contributed by atoms with E-state index in [9.17, 15) is 18.3 Å². The normalized spacial score (nSPS) is 15.0. The van der Waals surface area contributed by atoms with Crippen molar-refractivity contribution >= 4 is 44.8 Å². The third-order valence-electron chi connectivity index (χ3n) is 4.34. The van der Waals surface area contributed by atoms with E-state index in [-0.39, 0.29) is 22.8 Å². The minimum atomic E-state index is -3.66. The molecule has 27 heavy (non-hydrogen) atoms. The highest BCUT2D eigenvalue weighted by molar-refractivity contribution is 7.89. The predicted octanol–water partition coefficient (Wildman–Crippen LogP) is 3.66. The summed E-state index contributed by atoms with van der Waals surface area (Å²) in [5.74, 6) is -0.704. The molecule has 9 heteroatoms. The average Bonchev–Trinajstić information content (AvgIpc) is 3.15. The summed E-state index contributed by atoms with van der Waals surface area (Å²) >= 11 is 12.1. The van der Waals surface area contributed by atoms with E-state index in [4.69, 9.17) is 23.2 Å². The van der Waals surface area contributed by atoms with Gasteiger partial charge in [0.15, 0.2) is 0 Å². The molecule has 0 radical (unpaired) electrons. The molecule has 0 aliphatic carbocycles. The van der Waals surface area contributed by atoms with Crippen LogP contribution < -0.4 is 5.32 Å². The number of nitrogens with zero attached hydrogens (tertiary/aromatic N) is 1. The Kier molecular flexibility index (Phi) is 5.95. The number of benzene rings is 2. The van der Waals surface area contributed by atoms with Crippen LogP contribution in [0.4, 0.5) is 5.69 Å². The number of rotatable bonds is 5. The van der Waals surface area contributed by atoms with Crippen LogP contribution in [0, 0.1) is 0 Å². The third kappa shape index (κ3) is 4.38. The number of carbonyl (C=O) groups excluding carboxylic acids is 1. The highest BCUT2D eigenvalue weighted by atomic mass is 35.5. The second-order valence-corrected chi connectivity index (χ2v) is 8.97. The fourth-order valence-corrected chi connectivity index (χ4v) is 4.98. The van der Waals surface area contributed by atoms with Gasteiger partial charge in [0.2, 0.25) is 15.9 Å². The molecule has 144 valence electrons. The standard InChI is InChI=1S/C18H18Cl2N2O4S/c19-14-4-3-5-15(20)13(14)11-18(24)21-16-10-12(6-7-17(16)23)27(25,26)22-8-1-2-9-22/h3-7,10,23H,1-2,8-9,11H2,(H,21,24). The number of amides is 1. The zero-order valence-corrected chi connectivity index (χ0v) is 16.6. The average molecular weight is 429 g/mol. The quantitative estimate of drug-likeness (QED) is 0.711. The molecule has 0 spiro atoms. The van der Waals surface area contributed by atoms with E-state index in [1.54, 1.807) is 18.2 Å². The summed E-state index contributed by atoms with van der Waals surface area (Å²) in [6, 6.07) is 8.75. The number of phenols is 1. The smallest absolute Gasteiger partial charge is 0.243 e. The molecule has 1 saturated heterocycles. The van der Waals surface area contributed by atoms with Crippen LogP contribution >= 0.6 is 23.2 Å². The number of hydrogen-bond donors (Lipinski definition) is 2. The molecule has 0 saturated carbocycles. The molecule has 6 nitrogen and oxygen atoms in total. The van der Waals surface area contributed by atoms with Crippen LogP contribution in [-0.4, -0.2) is 36.8 Å². The van der Waals surface area contributed by atoms with E-state index in [1.807, 2.05) is 0 Å². The Morgan fingerprint density at radius 2 is 1.74 bits per heavy atom. The number of hydrogen-bond acceptors (Lipinski definition) is 4. The van der Waals surface area contributed by atoms with E-state index in [1.165, 1.54) is 22.5 Å². The minimum absolute atomic E-state index is 0.0171. The monoisotopic (exact) mass is 428 g/mol. The van der Waals surface area contributed by atoms with Crippen LogP contribution in [0.3, 0.4) is 0 Å². The molecule has 1 fully saturated rings. The van der Waals surface area contributed by atoms with Crippen molar-refractivity contribution in [2.45, 2.75) is 24.2 Å². The lowest BCUT2D eigenvalue weighted by Gasteiger charge is -2.17. The zero-order valence-electron chi connectivity index (χ0n) is 14.3. The van der Waals surface area contributed by atoms with Gasteiger partial charge in [-0.2, -0.15) is 4.31 Å². The first-order valence-electron chi connectivity index (χ1n) is 8.35. The SMILES string of the molecule is O=C(Cc1c(Cl)cccc1Cl)Nc1cc(S(=O)(=O)N2CCCC2)ccc1O. The number of nitrogens with one attached hydrogen (secondary N) is 1. The highest BCUT2D eigenvalue weighted by Crippen LogP contribution is 2.30. The summed E-state index contributed by atoms with van der Waals surface area (Å²) in [5.41, 5.74) is 0.474. The van der Waals surface area contributed by atoms with Gasteiger partial charge in [0.1, 0.15) is 5.75 Å². The van der Waals surface area contributed by atoms with Gasteiger partial charge in [0, 0.05) is 23.1 Å². The van der Waals surface area contributed by atoms with Crippen molar-refractivity contribution in [3.63, 3.8) is 0 Å². The summed E-state index contributed by atoms with van der Waals surface area (Å²) < 4.78 is 26.7. The van der Waals surface area contributed by atoms with Gasteiger partial charge < -0.3 is 10.4 Å². The Morgan fingerprint density at radius 3 is 2.37 bits per heavy atom. The van der Waals surface area contributed by atoms with Crippen molar-refractivity contribution < 1.29 is 18.3 Å². The van der Waals surface area contributed by atoms with Crippen LogP contribution in [0.5, 0.6) is 5.75 Å². The van der Waals surface area contributed by atoms with Crippen molar-refractivity contribution in [1.82, 2.24) is 4.31 Å². The first-order valence-corrected chi connectivity index (χ1v) is 10.5. The van der Waals surface area contributed by atoms with E-state index >= 15 is 0 Å². The Morgan fingerprint density at radius 1 is 1.11 bits per heavy atom. The second-order valence-electron chi connectivity index (χ2n) is 6.22. The van der Waals surface area contributed by atoms with Crippen LogP contribution in [0.15, 0.2) is 41.3 Å². The Hall–Kier alpha value is -1.80. The van der Waals surface area contributed by atoms with Crippen LogP contribution in [0.2, 0.25) is 10.0 Å². The van der Waals surface area contributed by atoms with Crippen molar-refractivity contribution in [3.8, 4) is 5.75 Å².